The molecule has 0 aromatic heterocycles. The van der Waals surface area contributed by atoms with Crippen molar-refractivity contribution in [3.8, 4) is 5.75 Å². The minimum absolute atomic E-state index is 0.136. The van der Waals surface area contributed by atoms with Gasteiger partial charge in [-0.15, -0.1) is 0 Å². The second kappa shape index (κ2) is 8.45. The van der Waals surface area contributed by atoms with Crippen molar-refractivity contribution in [1.82, 2.24) is 4.90 Å². The van der Waals surface area contributed by atoms with Crippen LogP contribution in [-0.4, -0.2) is 36.8 Å². The molecule has 0 heterocycles. The van der Waals surface area contributed by atoms with Crippen LogP contribution in [0.25, 0.3) is 0 Å². The van der Waals surface area contributed by atoms with Crippen molar-refractivity contribution in [2.24, 2.45) is 5.92 Å². The summed E-state index contributed by atoms with van der Waals surface area (Å²) in [7, 11) is 4.15. The number of benzene rings is 2. The van der Waals surface area contributed by atoms with Crippen LogP contribution in [0.15, 0.2) is 54.6 Å². The lowest BCUT2D eigenvalue weighted by Crippen LogP contribution is -2.47. The van der Waals surface area contributed by atoms with E-state index in [1.165, 1.54) is 5.56 Å². The molecule has 1 N–H and O–H groups in total. The summed E-state index contributed by atoms with van der Waals surface area (Å²) in [6.45, 7) is 5.24. The van der Waals surface area contributed by atoms with E-state index in [4.69, 9.17) is 4.74 Å². The molecular formula is C24H33NO2. The van der Waals surface area contributed by atoms with Crippen LogP contribution in [0, 0.1) is 5.92 Å². The number of ether oxygens (including phenoxy) is 1. The molecule has 1 saturated carbocycles. The van der Waals surface area contributed by atoms with Crippen molar-refractivity contribution >= 4 is 0 Å². The summed E-state index contributed by atoms with van der Waals surface area (Å²) in [5, 5.41) is 11.8. The summed E-state index contributed by atoms with van der Waals surface area (Å²) >= 11 is 0. The van der Waals surface area contributed by atoms with E-state index >= 15 is 0 Å². The van der Waals surface area contributed by atoms with Crippen LogP contribution in [0.4, 0.5) is 0 Å². The Morgan fingerprint density at radius 2 is 1.85 bits per heavy atom. The topological polar surface area (TPSA) is 32.7 Å². The molecule has 1 aliphatic rings. The summed E-state index contributed by atoms with van der Waals surface area (Å²) < 4.78 is 6.23. The molecule has 27 heavy (non-hydrogen) atoms. The summed E-state index contributed by atoms with van der Waals surface area (Å²) in [6, 6.07) is 18.6. The minimum Gasteiger partial charge on any atom is -0.490 e. The zero-order valence-corrected chi connectivity index (χ0v) is 17.1. The maximum atomic E-state index is 11.8. The van der Waals surface area contributed by atoms with Gasteiger partial charge in [0.2, 0.25) is 0 Å². The number of rotatable bonds is 6. The van der Waals surface area contributed by atoms with Gasteiger partial charge in [0.25, 0.3) is 0 Å². The molecular weight excluding hydrogens is 334 g/mol. The predicted octanol–water partition coefficient (Wildman–Crippen LogP) is 4.81. The standard InChI is InChI=1S/C24H33NO2/c1-18(2)19-9-8-10-20(15-19)24(26)14-13-23(16-21(24)17-25(3)4)27-22-11-6-5-7-12-22/h5-12,15,18,21,23,26H,13-14,16-17H2,1-4H3. The van der Waals surface area contributed by atoms with Gasteiger partial charge >= 0.3 is 0 Å². The zero-order chi connectivity index (χ0) is 19.4. The zero-order valence-electron chi connectivity index (χ0n) is 17.1. The molecule has 0 spiro atoms. The Morgan fingerprint density at radius 1 is 1.11 bits per heavy atom. The molecule has 0 amide bonds. The van der Waals surface area contributed by atoms with Crippen LogP contribution in [-0.2, 0) is 5.60 Å². The minimum atomic E-state index is -0.800. The van der Waals surface area contributed by atoms with E-state index in [2.05, 4.69) is 57.1 Å². The first-order valence-corrected chi connectivity index (χ1v) is 10.1. The number of hydrogen-bond acceptors (Lipinski definition) is 3. The highest BCUT2D eigenvalue weighted by Gasteiger charge is 2.44. The fourth-order valence-corrected chi connectivity index (χ4v) is 4.23. The van der Waals surface area contributed by atoms with E-state index in [-0.39, 0.29) is 12.0 Å². The quantitative estimate of drug-likeness (QED) is 0.795. The third kappa shape index (κ3) is 4.72. The van der Waals surface area contributed by atoms with Crippen molar-refractivity contribution in [2.75, 3.05) is 20.6 Å². The van der Waals surface area contributed by atoms with E-state index < -0.39 is 5.60 Å². The van der Waals surface area contributed by atoms with E-state index in [0.29, 0.717) is 5.92 Å². The van der Waals surface area contributed by atoms with Crippen LogP contribution < -0.4 is 4.74 Å². The Balaban J connectivity index is 1.83. The Kier molecular flexibility index (Phi) is 6.23. The Bertz CT molecular complexity index is 728. The first-order chi connectivity index (χ1) is 12.9. The molecule has 1 aliphatic carbocycles. The van der Waals surface area contributed by atoms with Gasteiger partial charge in [-0.1, -0.05) is 56.3 Å². The van der Waals surface area contributed by atoms with E-state index in [1.54, 1.807) is 0 Å². The number of hydrogen-bond donors (Lipinski definition) is 1. The smallest absolute Gasteiger partial charge is 0.119 e. The maximum absolute atomic E-state index is 11.8. The molecule has 0 aliphatic heterocycles. The van der Waals surface area contributed by atoms with Gasteiger partial charge in [0.1, 0.15) is 5.75 Å². The SMILES string of the molecule is CC(C)c1cccc(C2(O)CCC(Oc3ccccc3)CC2CN(C)C)c1. The molecule has 3 nitrogen and oxygen atoms in total. The van der Waals surface area contributed by atoms with Crippen LogP contribution in [0.5, 0.6) is 5.75 Å². The highest BCUT2D eigenvalue weighted by atomic mass is 16.5. The monoisotopic (exact) mass is 367 g/mol. The molecule has 3 heteroatoms. The van der Waals surface area contributed by atoms with Gasteiger partial charge in [-0.25, -0.2) is 0 Å². The van der Waals surface area contributed by atoms with Gasteiger partial charge in [-0.05, 0) is 62.5 Å². The van der Waals surface area contributed by atoms with Crippen LogP contribution in [0.3, 0.4) is 0 Å². The van der Waals surface area contributed by atoms with E-state index in [1.807, 2.05) is 30.3 Å². The van der Waals surface area contributed by atoms with Gasteiger partial charge in [-0.3, -0.25) is 0 Å². The Morgan fingerprint density at radius 3 is 2.52 bits per heavy atom. The van der Waals surface area contributed by atoms with Crippen molar-refractivity contribution in [3.63, 3.8) is 0 Å². The van der Waals surface area contributed by atoms with Gasteiger partial charge in [-0.2, -0.15) is 0 Å². The van der Waals surface area contributed by atoms with Crippen LogP contribution in [0.2, 0.25) is 0 Å². The largest absolute Gasteiger partial charge is 0.490 e. The fraction of sp³-hybridized carbons (Fsp3) is 0.500. The number of para-hydroxylation sites is 1. The average Bonchev–Trinajstić information content (AvgIpc) is 2.65. The molecule has 146 valence electrons. The third-order valence-corrected chi connectivity index (χ3v) is 5.75. The number of nitrogens with zero attached hydrogens (tertiary/aromatic N) is 1. The van der Waals surface area contributed by atoms with Gasteiger partial charge in [0, 0.05) is 12.5 Å². The van der Waals surface area contributed by atoms with Crippen LogP contribution >= 0.6 is 0 Å². The number of aliphatic hydroxyl groups is 1. The molecule has 2 aromatic rings. The Labute approximate surface area is 164 Å². The van der Waals surface area contributed by atoms with Gasteiger partial charge < -0.3 is 14.7 Å². The third-order valence-electron chi connectivity index (χ3n) is 5.75. The molecule has 2 aromatic carbocycles. The van der Waals surface area contributed by atoms with E-state index in [9.17, 15) is 5.11 Å². The summed E-state index contributed by atoms with van der Waals surface area (Å²) in [5.74, 6) is 1.51. The van der Waals surface area contributed by atoms with Gasteiger partial charge in [0.05, 0.1) is 11.7 Å². The maximum Gasteiger partial charge on any atom is 0.119 e. The van der Waals surface area contributed by atoms with Crippen molar-refractivity contribution < 1.29 is 9.84 Å². The molecule has 0 radical (unpaired) electrons. The second-order valence-electron chi connectivity index (χ2n) is 8.49. The van der Waals surface area contributed by atoms with Gasteiger partial charge in [0.15, 0.2) is 0 Å². The Hall–Kier alpha value is -1.84. The normalized spacial score (nSPS) is 25.7. The summed E-state index contributed by atoms with van der Waals surface area (Å²) in [5.41, 5.74) is 1.54. The molecule has 3 atom stereocenters. The molecule has 3 unspecified atom stereocenters. The van der Waals surface area contributed by atoms with Crippen molar-refractivity contribution in [3.05, 3.63) is 65.7 Å². The highest BCUT2D eigenvalue weighted by Crippen LogP contribution is 2.43. The predicted molar refractivity (Wildman–Crippen MR) is 111 cm³/mol. The average molecular weight is 368 g/mol. The lowest BCUT2D eigenvalue weighted by molar-refractivity contribution is -0.0874. The van der Waals surface area contributed by atoms with Crippen molar-refractivity contribution in [1.29, 1.82) is 0 Å². The second-order valence-corrected chi connectivity index (χ2v) is 8.49. The molecule has 1 fully saturated rings. The van der Waals surface area contributed by atoms with Crippen molar-refractivity contribution in [2.45, 2.75) is 50.7 Å². The molecule has 0 bridgehead atoms. The summed E-state index contributed by atoms with van der Waals surface area (Å²) in [6.07, 6.45) is 2.59. The first kappa shape index (κ1) is 19.9. The fourth-order valence-electron chi connectivity index (χ4n) is 4.23. The molecule has 3 rings (SSSR count). The van der Waals surface area contributed by atoms with E-state index in [0.717, 1.165) is 37.1 Å². The lowest BCUT2D eigenvalue weighted by Gasteiger charge is -2.44. The summed E-state index contributed by atoms with van der Waals surface area (Å²) in [4.78, 5) is 2.17. The first-order valence-electron chi connectivity index (χ1n) is 10.1. The lowest BCUT2D eigenvalue weighted by atomic mass is 9.70. The van der Waals surface area contributed by atoms with Crippen LogP contribution in [0.1, 0.15) is 50.2 Å². The molecule has 0 saturated heterocycles. The highest BCUT2D eigenvalue weighted by molar-refractivity contribution is 5.31.